The fraction of sp³-hybridized carbons (Fsp3) is 0.533. The van der Waals surface area contributed by atoms with Gasteiger partial charge in [-0.05, 0) is 61.8 Å². The van der Waals surface area contributed by atoms with Crippen molar-refractivity contribution in [2.45, 2.75) is 30.6 Å². The molecule has 1 aliphatic rings. The predicted octanol–water partition coefficient (Wildman–Crippen LogP) is 2.02. The molecule has 0 aromatic heterocycles. The molecule has 0 unspecified atom stereocenters. The van der Waals surface area contributed by atoms with Gasteiger partial charge in [0.2, 0.25) is 10.0 Å². The Balaban J connectivity index is 1.78. The fourth-order valence-electron chi connectivity index (χ4n) is 2.82. The van der Waals surface area contributed by atoms with Crippen LogP contribution in [0.2, 0.25) is 0 Å². The minimum Gasteiger partial charge on any atom is -0.370 e. The molecule has 8 heteroatoms. The number of sulfonamides is 1. The largest absolute Gasteiger partial charge is 0.370 e. The molecule has 23 heavy (non-hydrogen) atoms. The SMILES string of the molecule is N=C(N)NC[C@H]1CC[C@H](CNS(=O)(=O)c2ccc(Br)cc2)CC1. The van der Waals surface area contributed by atoms with Crippen molar-refractivity contribution in [1.82, 2.24) is 10.0 Å². The van der Waals surface area contributed by atoms with Gasteiger partial charge in [-0.25, -0.2) is 13.1 Å². The molecule has 1 fully saturated rings. The van der Waals surface area contributed by atoms with Gasteiger partial charge in [-0.2, -0.15) is 0 Å². The fourth-order valence-corrected chi connectivity index (χ4v) is 4.20. The highest BCUT2D eigenvalue weighted by Crippen LogP contribution is 2.28. The lowest BCUT2D eigenvalue weighted by molar-refractivity contribution is 0.275. The summed E-state index contributed by atoms with van der Waals surface area (Å²) in [6.45, 7) is 1.21. The van der Waals surface area contributed by atoms with Crippen LogP contribution in [-0.4, -0.2) is 27.5 Å². The van der Waals surface area contributed by atoms with Crippen LogP contribution in [0, 0.1) is 17.2 Å². The smallest absolute Gasteiger partial charge is 0.240 e. The van der Waals surface area contributed by atoms with Crippen LogP contribution in [-0.2, 0) is 10.0 Å². The molecule has 0 spiro atoms. The number of nitrogens with one attached hydrogen (secondary N) is 3. The summed E-state index contributed by atoms with van der Waals surface area (Å²) in [6, 6.07) is 6.64. The van der Waals surface area contributed by atoms with E-state index in [-0.39, 0.29) is 5.96 Å². The molecule has 5 N–H and O–H groups in total. The Morgan fingerprint density at radius 3 is 2.17 bits per heavy atom. The van der Waals surface area contributed by atoms with Crippen LogP contribution in [0.1, 0.15) is 25.7 Å². The number of hydrogen-bond donors (Lipinski definition) is 4. The van der Waals surface area contributed by atoms with Gasteiger partial charge in [0.1, 0.15) is 0 Å². The van der Waals surface area contributed by atoms with E-state index in [9.17, 15) is 8.42 Å². The Kier molecular flexibility index (Phi) is 6.43. The van der Waals surface area contributed by atoms with E-state index >= 15 is 0 Å². The lowest BCUT2D eigenvalue weighted by atomic mass is 9.82. The van der Waals surface area contributed by atoms with Crippen LogP contribution in [0.25, 0.3) is 0 Å². The molecular weight excluding hydrogens is 380 g/mol. The van der Waals surface area contributed by atoms with E-state index in [2.05, 4.69) is 26.0 Å². The number of rotatable bonds is 6. The molecule has 1 aromatic rings. The van der Waals surface area contributed by atoms with Crippen LogP contribution in [0.15, 0.2) is 33.6 Å². The van der Waals surface area contributed by atoms with E-state index in [0.717, 1.165) is 36.7 Å². The van der Waals surface area contributed by atoms with E-state index in [0.29, 0.717) is 23.3 Å². The highest BCUT2D eigenvalue weighted by Gasteiger charge is 2.23. The number of guanidine groups is 1. The molecule has 0 atom stereocenters. The van der Waals surface area contributed by atoms with Crippen molar-refractivity contribution < 1.29 is 8.42 Å². The van der Waals surface area contributed by atoms with Crippen molar-refractivity contribution in [2.24, 2.45) is 17.6 Å². The second-order valence-electron chi connectivity index (χ2n) is 5.99. The maximum absolute atomic E-state index is 12.3. The van der Waals surface area contributed by atoms with Crippen LogP contribution in [0.5, 0.6) is 0 Å². The third kappa shape index (κ3) is 5.78. The standard InChI is InChI=1S/C15H23BrN4O2S/c16-13-5-7-14(8-6-13)23(21,22)20-10-12-3-1-11(2-4-12)9-19-15(17)18/h5-8,11-12,20H,1-4,9-10H2,(H4,17,18,19)/t11-,12-. The highest BCUT2D eigenvalue weighted by atomic mass is 79.9. The minimum absolute atomic E-state index is 0.00869. The first-order chi connectivity index (χ1) is 10.9. The molecule has 0 heterocycles. The van der Waals surface area contributed by atoms with Gasteiger partial charge in [0, 0.05) is 17.6 Å². The second-order valence-corrected chi connectivity index (χ2v) is 8.67. The van der Waals surface area contributed by atoms with Crippen molar-refractivity contribution in [2.75, 3.05) is 13.1 Å². The summed E-state index contributed by atoms with van der Waals surface area (Å²) in [5.41, 5.74) is 5.29. The van der Waals surface area contributed by atoms with Gasteiger partial charge >= 0.3 is 0 Å². The molecule has 2 rings (SSSR count). The Morgan fingerprint density at radius 2 is 1.65 bits per heavy atom. The summed E-state index contributed by atoms with van der Waals surface area (Å²) in [5.74, 6) is 0.890. The van der Waals surface area contributed by atoms with E-state index in [4.69, 9.17) is 11.1 Å². The van der Waals surface area contributed by atoms with Gasteiger partial charge in [-0.1, -0.05) is 15.9 Å². The molecule has 0 saturated heterocycles. The summed E-state index contributed by atoms with van der Waals surface area (Å²) >= 11 is 3.30. The first-order valence-electron chi connectivity index (χ1n) is 7.70. The van der Waals surface area contributed by atoms with Gasteiger partial charge in [0.05, 0.1) is 4.90 Å². The maximum Gasteiger partial charge on any atom is 0.240 e. The van der Waals surface area contributed by atoms with Gasteiger partial charge in [0.25, 0.3) is 0 Å². The van der Waals surface area contributed by atoms with Gasteiger partial charge in [0.15, 0.2) is 5.96 Å². The minimum atomic E-state index is -3.44. The summed E-state index contributed by atoms with van der Waals surface area (Å²) < 4.78 is 28.1. The van der Waals surface area contributed by atoms with Crippen molar-refractivity contribution >= 4 is 31.9 Å². The predicted molar refractivity (Wildman–Crippen MR) is 94.7 cm³/mol. The molecule has 0 aliphatic heterocycles. The molecule has 1 aliphatic carbocycles. The molecule has 128 valence electrons. The zero-order chi connectivity index (χ0) is 16.9. The summed E-state index contributed by atoms with van der Waals surface area (Å²) in [7, 11) is -3.44. The molecule has 0 amide bonds. The second kappa shape index (κ2) is 8.12. The zero-order valence-electron chi connectivity index (χ0n) is 12.9. The Bertz CT molecular complexity index is 625. The van der Waals surface area contributed by atoms with Crippen molar-refractivity contribution in [1.29, 1.82) is 5.41 Å². The Morgan fingerprint density at radius 1 is 1.13 bits per heavy atom. The van der Waals surface area contributed by atoms with Crippen molar-refractivity contribution in [3.05, 3.63) is 28.7 Å². The van der Waals surface area contributed by atoms with Crippen LogP contribution in [0.4, 0.5) is 0 Å². The normalized spacial score (nSPS) is 21.8. The van der Waals surface area contributed by atoms with Crippen LogP contribution >= 0.6 is 15.9 Å². The summed E-state index contributed by atoms with van der Waals surface area (Å²) in [4.78, 5) is 0.292. The topological polar surface area (TPSA) is 108 Å². The number of nitrogens with two attached hydrogens (primary N) is 1. The third-order valence-corrected chi connectivity index (χ3v) is 6.20. The first kappa shape index (κ1) is 18.2. The summed E-state index contributed by atoms with van der Waals surface area (Å²) in [6.07, 6.45) is 4.05. The monoisotopic (exact) mass is 402 g/mol. The highest BCUT2D eigenvalue weighted by molar-refractivity contribution is 9.10. The number of benzene rings is 1. The zero-order valence-corrected chi connectivity index (χ0v) is 15.3. The maximum atomic E-state index is 12.3. The van der Waals surface area contributed by atoms with Gasteiger partial charge < -0.3 is 11.1 Å². The Labute approximate surface area is 145 Å². The van der Waals surface area contributed by atoms with Crippen molar-refractivity contribution in [3.8, 4) is 0 Å². The van der Waals surface area contributed by atoms with Crippen LogP contribution < -0.4 is 15.8 Å². The van der Waals surface area contributed by atoms with Crippen LogP contribution in [0.3, 0.4) is 0 Å². The average Bonchev–Trinajstić information content (AvgIpc) is 2.52. The van der Waals surface area contributed by atoms with E-state index in [1.165, 1.54) is 0 Å². The van der Waals surface area contributed by atoms with Gasteiger partial charge in [-0.15, -0.1) is 0 Å². The number of halogens is 1. The summed E-state index contributed by atoms with van der Waals surface area (Å²) in [5, 5.41) is 10.0. The van der Waals surface area contributed by atoms with E-state index in [1.54, 1.807) is 24.3 Å². The third-order valence-electron chi connectivity index (χ3n) is 4.23. The molecule has 1 saturated carbocycles. The first-order valence-corrected chi connectivity index (χ1v) is 9.97. The van der Waals surface area contributed by atoms with Crippen molar-refractivity contribution in [3.63, 3.8) is 0 Å². The average molecular weight is 403 g/mol. The van der Waals surface area contributed by atoms with Gasteiger partial charge in [-0.3, -0.25) is 5.41 Å². The lowest BCUT2D eigenvalue weighted by Crippen LogP contribution is -2.37. The molecule has 1 aromatic carbocycles. The molecular formula is C15H23BrN4O2S. The quantitative estimate of drug-likeness (QED) is 0.431. The molecule has 0 bridgehead atoms. The molecule has 0 radical (unpaired) electrons. The Hall–Kier alpha value is -1.12. The lowest BCUT2D eigenvalue weighted by Gasteiger charge is -2.28. The molecule has 6 nitrogen and oxygen atoms in total. The van der Waals surface area contributed by atoms with E-state index in [1.807, 2.05) is 0 Å². The van der Waals surface area contributed by atoms with E-state index < -0.39 is 10.0 Å². The number of hydrogen-bond acceptors (Lipinski definition) is 3.